The van der Waals surface area contributed by atoms with Crippen LogP contribution in [0, 0.1) is 0 Å². The highest BCUT2D eigenvalue weighted by Crippen LogP contribution is 2.20. The third kappa shape index (κ3) is 3.82. The Labute approximate surface area is 138 Å². The predicted octanol–water partition coefficient (Wildman–Crippen LogP) is 1.96. The van der Waals surface area contributed by atoms with Gasteiger partial charge in [-0.1, -0.05) is 17.8 Å². The van der Waals surface area contributed by atoms with Gasteiger partial charge in [0.1, 0.15) is 11.0 Å². The molecule has 1 fully saturated rings. The van der Waals surface area contributed by atoms with Crippen LogP contribution in [0.4, 0.5) is 0 Å². The second kappa shape index (κ2) is 7.45. The van der Waals surface area contributed by atoms with E-state index in [1.807, 2.05) is 4.90 Å². The van der Waals surface area contributed by atoms with E-state index in [4.69, 9.17) is 4.74 Å². The summed E-state index contributed by atoms with van der Waals surface area (Å²) in [5.74, 6) is 0.00531. The number of carbonyl (C=O) groups excluding carboxylic acids is 1. The molecular weight excluding hydrogens is 314 g/mol. The van der Waals surface area contributed by atoms with Crippen molar-refractivity contribution in [1.29, 1.82) is 0 Å². The van der Waals surface area contributed by atoms with E-state index in [2.05, 4.69) is 26.5 Å². The smallest absolute Gasteiger partial charge is 0.316 e. The van der Waals surface area contributed by atoms with Gasteiger partial charge in [0.15, 0.2) is 0 Å². The maximum atomic E-state index is 12.7. The van der Waals surface area contributed by atoms with Crippen LogP contribution in [0.2, 0.25) is 0 Å². The summed E-state index contributed by atoms with van der Waals surface area (Å²) in [5.41, 5.74) is 0.803. The molecule has 0 unspecified atom stereocenters. The van der Waals surface area contributed by atoms with Crippen LogP contribution in [0.5, 0.6) is 6.01 Å². The first-order chi connectivity index (χ1) is 11.3. The number of piperidine rings is 1. The van der Waals surface area contributed by atoms with Crippen molar-refractivity contribution < 1.29 is 9.53 Å². The van der Waals surface area contributed by atoms with Crippen molar-refractivity contribution in [2.45, 2.75) is 38.7 Å². The average molecular weight is 333 g/mol. The summed E-state index contributed by atoms with van der Waals surface area (Å²) in [6, 6.07) is 2.10. The van der Waals surface area contributed by atoms with Gasteiger partial charge in [0.25, 0.3) is 5.91 Å². The molecule has 2 aromatic rings. The van der Waals surface area contributed by atoms with E-state index in [0.717, 1.165) is 37.9 Å². The molecule has 122 valence electrons. The Balaban J connectivity index is 1.66. The number of amides is 1. The van der Waals surface area contributed by atoms with Crippen molar-refractivity contribution in [1.82, 2.24) is 24.5 Å². The molecule has 3 rings (SSSR count). The van der Waals surface area contributed by atoms with Gasteiger partial charge in [0.05, 0.1) is 12.2 Å². The number of hydrogen-bond donors (Lipinski definition) is 0. The van der Waals surface area contributed by atoms with Crippen LogP contribution in [-0.4, -0.2) is 49.6 Å². The highest BCUT2D eigenvalue weighted by atomic mass is 32.1. The molecule has 0 aromatic carbocycles. The molecule has 8 heteroatoms. The molecule has 1 aliphatic rings. The van der Waals surface area contributed by atoms with E-state index in [-0.39, 0.29) is 12.0 Å². The molecule has 0 saturated carbocycles. The number of likely N-dealkylation sites (tertiary alicyclic amines) is 1. The maximum absolute atomic E-state index is 12.7. The van der Waals surface area contributed by atoms with Gasteiger partial charge in [-0.2, -0.15) is 0 Å². The molecule has 7 nitrogen and oxygen atoms in total. The second-order valence-corrected chi connectivity index (χ2v) is 6.22. The summed E-state index contributed by atoms with van der Waals surface area (Å²) in [4.78, 5) is 23.4. The fraction of sp³-hybridized carbons (Fsp3) is 0.533. The molecular formula is C15H19N5O2S. The standard InChI is InChI=1S/C15H19N5O2S/c1-2-5-12-13(23-19-18-12)14(21)20-9-3-6-11(10-20)22-15-16-7-4-8-17-15/h4,7-8,11H,2-3,5-6,9-10H2,1H3/t11-/m1/s1. The van der Waals surface area contributed by atoms with Crippen LogP contribution in [0.1, 0.15) is 41.6 Å². The lowest BCUT2D eigenvalue weighted by Crippen LogP contribution is -2.44. The number of aryl methyl sites for hydroxylation is 1. The molecule has 0 bridgehead atoms. The van der Waals surface area contributed by atoms with Crippen LogP contribution in [0.15, 0.2) is 18.5 Å². The number of aromatic nitrogens is 4. The van der Waals surface area contributed by atoms with Crippen molar-refractivity contribution in [2.75, 3.05) is 13.1 Å². The summed E-state index contributed by atoms with van der Waals surface area (Å²) in [5, 5.41) is 4.08. The quantitative estimate of drug-likeness (QED) is 0.832. The SMILES string of the molecule is CCCc1nnsc1C(=O)N1CCC[C@@H](Oc2ncccn2)C1. The predicted molar refractivity (Wildman–Crippen MR) is 85.5 cm³/mol. The van der Waals surface area contributed by atoms with Crippen molar-refractivity contribution in [3.8, 4) is 6.01 Å². The number of nitrogens with zero attached hydrogens (tertiary/aromatic N) is 5. The summed E-state index contributed by atoms with van der Waals surface area (Å²) in [6.07, 6.45) is 6.74. The fourth-order valence-electron chi connectivity index (χ4n) is 2.63. The van der Waals surface area contributed by atoms with E-state index in [1.54, 1.807) is 18.5 Å². The van der Waals surface area contributed by atoms with Gasteiger partial charge in [-0.25, -0.2) is 9.97 Å². The van der Waals surface area contributed by atoms with Gasteiger partial charge in [0, 0.05) is 18.9 Å². The van der Waals surface area contributed by atoms with Crippen LogP contribution in [0.3, 0.4) is 0 Å². The monoisotopic (exact) mass is 333 g/mol. The first-order valence-electron chi connectivity index (χ1n) is 7.82. The highest BCUT2D eigenvalue weighted by Gasteiger charge is 2.28. The molecule has 1 atom stereocenters. The van der Waals surface area contributed by atoms with Crippen molar-refractivity contribution >= 4 is 17.4 Å². The third-order valence-corrected chi connectivity index (χ3v) is 4.47. The highest BCUT2D eigenvalue weighted by molar-refractivity contribution is 7.08. The molecule has 1 aliphatic heterocycles. The average Bonchev–Trinajstić information content (AvgIpc) is 3.04. The lowest BCUT2D eigenvalue weighted by Gasteiger charge is -2.32. The molecule has 0 aliphatic carbocycles. The minimum atomic E-state index is -0.0781. The molecule has 0 radical (unpaired) electrons. The van der Waals surface area contributed by atoms with Crippen LogP contribution in [0.25, 0.3) is 0 Å². The topological polar surface area (TPSA) is 81.1 Å². The molecule has 1 saturated heterocycles. The van der Waals surface area contributed by atoms with E-state index < -0.39 is 0 Å². The summed E-state index contributed by atoms with van der Waals surface area (Å²) < 4.78 is 9.72. The molecule has 3 heterocycles. The molecule has 23 heavy (non-hydrogen) atoms. The van der Waals surface area contributed by atoms with Gasteiger partial charge >= 0.3 is 6.01 Å². The Morgan fingerprint density at radius 2 is 2.26 bits per heavy atom. The van der Waals surface area contributed by atoms with Crippen LogP contribution < -0.4 is 4.74 Å². The van der Waals surface area contributed by atoms with Crippen molar-refractivity contribution in [3.05, 3.63) is 29.0 Å². The number of ether oxygens (including phenoxy) is 1. The molecule has 0 N–H and O–H groups in total. The van der Waals surface area contributed by atoms with E-state index in [9.17, 15) is 4.79 Å². The maximum Gasteiger partial charge on any atom is 0.316 e. The van der Waals surface area contributed by atoms with E-state index >= 15 is 0 Å². The van der Waals surface area contributed by atoms with Crippen molar-refractivity contribution in [3.63, 3.8) is 0 Å². The summed E-state index contributed by atoms with van der Waals surface area (Å²) >= 11 is 1.18. The lowest BCUT2D eigenvalue weighted by atomic mass is 10.1. The Morgan fingerprint density at radius 3 is 3.04 bits per heavy atom. The largest absolute Gasteiger partial charge is 0.458 e. The lowest BCUT2D eigenvalue weighted by molar-refractivity contribution is 0.0519. The van der Waals surface area contributed by atoms with Gasteiger partial charge < -0.3 is 9.64 Å². The minimum absolute atomic E-state index is 0.00531. The first-order valence-corrected chi connectivity index (χ1v) is 8.59. The number of hydrogen-bond acceptors (Lipinski definition) is 7. The van der Waals surface area contributed by atoms with Gasteiger partial charge in [0.2, 0.25) is 0 Å². The van der Waals surface area contributed by atoms with Gasteiger partial charge in [-0.3, -0.25) is 4.79 Å². The van der Waals surface area contributed by atoms with Crippen molar-refractivity contribution in [2.24, 2.45) is 0 Å². The van der Waals surface area contributed by atoms with Crippen LogP contribution in [-0.2, 0) is 6.42 Å². The fourth-order valence-corrected chi connectivity index (χ4v) is 3.31. The summed E-state index contributed by atoms with van der Waals surface area (Å²) in [7, 11) is 0. The number of carbonyl (C=O) groups is 1. The summed E-state index contributed by atoms with van der Waals surface area (Å²) in [6.45, 7) is 3.34. The molecule has 0 spiro atoms. The Kier molecular flexibility index (Phi) is 5.12. The minimum Gasteiger partial charge on any atom is -0.458 e. The zero-order chi connectivity index (χ0) is 16.1. The van der Waals surface area contributed by atoms with Gasteiger partial charge in [-0.15, -0.1) is 5.10 Å². The van der Waals surface area contributed by atoms with E-state index in [0.29, 0.717) is 17.4 Å². The number of rotatable bonds is 5. The zero-order valence-corrected chi connectivity index (χ0v) is 13.8. The second-order valence-electron chi connectivity index (χ2n) is 5.46. The normalized spacial score (nSPS) is 18.0. The van der Waals surface area contributed by atoms with E-state index in [1.165, 1.54) is 11.5 Å². The third-order valence-electron chi connectivity index (χ3n) is 3.72. The Morgan fingerprint density at radius 1 is 1.43 bits per heavy atom. The van der Waals surface area contributed by atoms with Crippen LogP contribution >= 0.6 is 11.5 Å². The Hall–Kier alpha value is -2.09. The molecule has 2 aromatic heterocycles. The Bertz CT molecular complexity index is 648. The van der Waals surface area contributed by atoms with Gasteiger partial charge in [-0.05, 0) is 36.9 Å². The zero-order valence-electron chi connectivity index (χ0n) is 13.0. The molecule has 1 amide bonds. The first kappa shape index (κ1) is 15.8.